The van der Waals surface area contributed by atoms with Crippen LogP contribution in [0.2, 0.25) is 0 Å². The number of benzene rings is 2. The molecule has 0 saturated heterocycles. The highest BCUT2D eigenvalue weighted by atomic mass is 16.5. The molecule has 1 aliphatic heterocycles. The topological polar surface area (TPSA) is 13.1 Å². The second kappa shape index (κ2) is 6.23. The van der Waals surface area contributed by atoms with Crippen LogP contribution in [0.15, 0.2) is 54.7 Å². The summed E-state index contributed by atoms with van der Waals surface area (Å²) in [5.74, 6) is 2.47. The lowest BCUT2D eigenvalue weighted by Crippen LogP contribution is -2.32. The van der Waals surface area contributed by atoms with Crippen molar-refractivity contribution in [2.45, 2.75) is 46.0 Å². The van der Waals surface area contributed by atoms with E-state index in [0.29, 0.717) is 5.92 Å². The first-order chi connectivity index (χ1) is 12.8. The van der Waals surface area contributed by atoms with Gasteiger partial charge in [0, 0.05) is 28.2 Å². The predicted octanol–water partition coefficient (Wildman–Crippen LogP) is 6.04. The molecule has 27 heavy (non-hydrogen) atoms. The maximum absolute atomic E-state index is 6.50. The fourth-order valence-electron chi connectivity index (χ4n) is 4.15. The van der Waals surface area contributed by atoms with Gasteiger partial charge in [-0.25, -0.2) is 4.57 Å². The average Bonchev–Trinajstić information content (AvgIpc) is 2.62. The van der Waals surface area contributed by atoms with Crippen molar-refractivity contribution in [3.63, 3.8) is 0 Å². The molecule has 0 spiro atoms. The normalized spacial score (nSPS) is 14.5. The first-order valence-corrected chi connectivity index (χ1v) is 9.72. The highest BCUT2D eigenvalue weighted by molar-refractivity contribution is 5.75. The molecule has 0 atom stereocenters. The summed E-state index contributed by atoms with van der Waals surface area (Å²) < 4.78 is 8.73. The van der Waals surface area contributed by atoms with Crippen molar-refractivity contribution in [3.8, 4) is 22.8 Å². The smallest absolute Gasteiger partial charge is 0.216 e. The average molecular weight is 359 g/mol. The number of hydrogen-bond donors (Lipinski definition) is 0. The van der Waals surface area contributed by atoms with E-state index < -0.39 is 0 Å². The van der Waals surface area contributed by atoms with Crippen molar-refractivity contribution >= 4 is 0 Å². The fourth-order valence-corrected chi connectivity index (χ4v) is 4.15. The van der Waals surface area contributed by atoms with Gasteiger partial charge in [-0.05, 0) is 30.5 Å². The van der Waals surface area contributed by atoms with Crippen molar-refractivity contribution in [2.75, 3.05) is 0 Å². The third kappa shape index (κ3) is 2.75. The summed E-state index contributed by atoms with van der Waals surface area (Å²) in [5, 5.41) is 0. The van der Waals surface area contributed by atoms with E-state index in [2.05, 4.69) is 94.9 Å². The third-order valence-corrected chi connectivity index (χ3v) is 5.89. The molecule has 2 aromatic carbocycles. The van der Waals surface area contributed by atoms with Crippen LogP contribution >= 0.6 is 0 Å². The van der Waals surface area contributed by atoms with Crippen molar-refractivity contribution < 1.29 is 9.30 Å². The zero-order chi connectivity index (χ0) is 19.3. The molecule has 4 rings (SSSR count). The molecule has 0 N–H and O–H groups in total. The minimum Gasteiger partial charge on any atom is -0.456 e. The van der Waals surface area contributed by atoms with Crippen molar-refractivity contribution in [1.82, 2.24) is 0 Å². The lowest BCUT2D eigenvalue weighted by molar-refractivity contribution is -0.660. The molecule has 138 valence electrons. The van der Waals surface area contributed by atoms with Crippen molar-refractivity contribution in [2.24, 2.45) is 7.05 Å². The van der Waals surface area contributed by atoms with E-state index in [-0.39, 0.29) is 5.41 Å². The van der Waals surface area contributed by atoms with Gasteiger partial charge < -0.3 is 4.74 Å². The van der Waals surface area contributed by atoms with Crippen molar-refractivity contribution in [3.05, 3.63) is 77.0 Å². The Labute approximate surface area is 162 Å². The van der Waals surface area contributed by atoms with Gasteiger partial charge in [-0.2, -0.15) is 0 Å². The number of hydrogen-bond acceptors (Lipinski definition) is 1. The summed E-state index contributed by atoms with van der Waals surface area (Å²) in [7, 11) is 2.13. The molecule has 2 nitrogen and oxygen atoms in total. The zero-order valence-electron chi connectivity index (χ0n) is 17.1. The van der Waals surface area contributed by atoms with Crippen LogP contribution in [-0.2, 0) is 12.5 Å². The maximum Gasteiger partial charge on any atom is 0.216 e. The summed E-state index contributed by atoms with van der Waals surface area (Å²) in [5.41, 5.74) is 7.34. The Balaban J connectivity index is 1.96. The van der Waals surface area contributed by atoms with Crippen LogP contribution in [0, 0.1) is 6.92 Å². The quantitative estimate of drug-likeness (QED) is 0.509. The van der Waals surface area contributed by atoms with Crippen LogP contribution in [0.1, 0.15) is 55.9 Å². The van der Waals surface area contributed by atoms with E-state index in [4.69, 9.17) is 4.74 Å². The molecule has 3 aromatic rings. The SMILES string of the molecule is Cc1ccc2c(c1-c1ccc(C(C)C)c[n+]1C)Oc1ccccc1C2(C)C. The largest absolute Gasteiger partial charge is 0.456 e. The monoisotopic (exact) mass is 358 g/mol. The Bertz CT molecular complexity index is 1030. The van der Waals surface area contributed by atoms with Crippen LogP contribution in [-0.4, -0.2) is 0 Å². The van der Waals surface area contributed by atoms with E-state index in [1.807, 2.05) is 6.07 Å². The molecule has 0 fully saturated rings. The summed E-state index contributed by atoms with van der Waals surface area (Å²) in [6.45, 7) is 11.2. The predicted molar refractivity (Wildman–Crippen MR) is 111 cm³/mol. The van der Waals surface area contributed by atoms with E-state index in [0.717, 1.165) is 11.5 Å². The lowest BCUT2D eigenvalue weighted by atomic mass is 9.74. The van der Waals surface area contributed by atoms with Crippen LogP contribution in [0.4, 0.5) is 0 Å². The Hall–Kier alpha value is -2.61. The number of aryl methyl sites for hydroxylation is 2. The number of pyridine rings is 1. The third-order valence-electron chi connectivity index (χ3n) is 5.89. The number of rotatable bonds is 2. The molecule has 0 aliphatic carbocycles. The Morgan fingerprint density at radius 3 is 2.37 bits per heavy atom. The van der Waals surface area contributed by atoms with Gasteiger partial charge in [-0.3, -0.25) is 0 Å². The number of nitrogens with zero attached hydrogens (tertiary/aromatic N) is 1. The zero-order valence-corrected chi connectivity index (χ0v) is 17.1. The molecule has 0 unspecified atom stereocenters. The van der Waals surface area contributed by atoms with Gasteiger partial charge >= 0.3 is 0 Å². The van der Waals surface area contributed by atoms with E-state index in [9.17, 15) is 0 Å². The molecule has 0 radical (unpaired) electrons. The van der Waals surface area contributed by atoms with E-state index >= 15 is 0 Å². The van der Waals surface area contributed by atoms with Crippen molar-refractivity contribution in [1.29, 1.82) is 0 Å². The minimum absolute atomic E-state index is 0.0942. The molecular weight excluding hydrogens is 330 g/mol. The number of fused-ring (bicyclic) bond motifs is 2. The first kappa shape index (κ1) is 17.8. The molecule has 2 heteroatoms. The second-order valence-electron chi connectivity index (χ2n) is 8.47. The Morgan fingerprint density at radius 2 is 1.67 bits per heavy atom. The summed E-state index contributed by atoms with van der Waals surface area (Å²) in [6, 6.07) is 17.3. The van der Waals surface area contributed by atoms with Gasteiger partial charge in [0.15, 0.2) is 6.20 Å². The summed E-state index contributed by atoms with van der Waals surface area (Å²) >= 11 is 0. The number of ether oxygens (including phenoxy) is 1. The van der Waals surface area contributed by atoms with E-state index in [1.54, 1.807) is 0 Å². The highest BCUT2D eigenvalue weighted by Crippen LogP contribution is 2.51. The van der Waals surface area contributed by atoms with Gasteiger partial charge in [0.2, 0.25) is 5.69 Å². The number of para-hydroxylation sites is 1. The highest BCUT2D eigenvalue weighted by Gasteiger charge is 2.37. The first-order valence-electron chi connectivity index (χ1n) is 9.72. The van der Waals surface area contributed by atoms with Gasteiger partial charge in [0.1, 0.15) is 18.5 Å². The van der Waals surface area contributed by atoms with Gasteiger partial charge in [-0.15, -0.1) is 0 Å². The number of aromatic nitrogens is 1. The summed E-state index contributed by atoms with van der Waals surface area (Å²) in [6.07, 6.45) is 2.24. The van der Waals surface area contributed by atoms with Crippen LogP contribution in [0.3, 0.4) is 0 Å². The second-order valence-corrected chi connectivity index (χ2v) is 8.47. The molecule has 1 aromatic heterocycles. The molecule has 0 amide bonds. The molecule has 2 heterocycles. The van der Waals surface area contributed by atoms with E-state index in [1.165, 1.54) is 33.5 Å². The lowest BCUT2D eigenvalue weighted by Gasteiger charge is -2.35. The summed E-state index contributed by atoms with van der Waals surface area (Å²) in [4.78, 5) is 0. The Morgan fingerprint density at radius 1 is 0.926 bits per heavy atom. The van der Waals surface area contributed by atoms with Crippen LogP contribution < -0.4 is 9.30 Å². The van der Waals surface area contributed by atoms with Crippen LogP contribution in [0.25, 0.3) is 11.3 Å². The molecule has 0 saturated carbocycles. The minimum atomic E-state index is -0.0942. The molecular formula is C25H28NO+. The van der Waals surface area contributed by atoms with Gasteiger partial charge in [-0.1, -0.05) is 58.0 Å². The fraction of sp³-hybridized carbons (Fsp3) is 0.320. The maximum atomic E-state index is 6.50. The molecule has 1 aliphatic rings. The standard InChI is InChI=1S/C25H28NO/c1-16(2)18-12-14-21(26(6)15-18)23-17(3)11-13-20-24(23)27-22-10-8-7-9-19(22)25(20,4)5/h7-16H,1-6H3/q+1. The van der Waals surface area contributed by atoms with Gasteiger partial charge in [0.25, 0.3) is 0 Å². The Kier molecular flexibility index (Phi) is 4.10. The van der Waals surface area contributed by atoms with Crippen LogP contribution in [0.5, 0.6) is 11.5 Å². The van der Waals surface area contributed by atoms with Gasteiger partial charge in [0.05, 0.1) is 5.56 Å². The molecule has 0 bridgehead atoms.